The fraction of sp³-hybridized carbons (Fsp3) is 0.474. The van der Waals surface area contributed by atoms with E-state index in [0.717, 1.165) is 17.2 Å². The number of fused-ring (bicyclic) bond motifs is 1. The van der Waals surface area contributed by atoms with E-state index >= 15 is 0 Å². The van der Waals surface area contributed by atoms with E-state index in [0.29, 0.717) is 0 Å². The van der Waals surface area contributed by atoms with E-state index in [2.05, 4.69) is 50.2 Å². The Balaban J connectivity index is 2.18. The molecule has 2 aromatic carbocycles. The molecule has 0 radical (unpaired) electrons. The van der Waals surface area contributed by atoms with E-state index < -0.39 is 0 Å². The zero-order valence-corrected chi connectivity index (χ0v) is 15.4. The first kappa shape index (κ1) is 16.9. The second-order valence-corrected chi connectivity index (χ2v) is 8.38. The van der Waals surface area contributed by atoms with Crippen molar-refractivity contribution in [3.8, 4) is 0 Å². The largest absolute Gasteiger partial charge is 0.118 e. The van der Waals surface area contributed by atoms with Crippen molar-refractivity contribution >= 4 is 33.2 Å². The van der Waals surface area contributed by atoms with Gasteiger partial charge in [-0.05, 0) is 53.0 Å². The quantitative estimate of drug-likeness (QED) is 0.397. The molecule has 0 fully saturated rings. The molecule has 0 aliphatic rings. The number of hydrogen-bond donors (Lipinski definition) is 0. The van der Waals surface area contributed by atoms with Crippen LogP contribution in [0.5, 0.6) is 0 Å². The first-order valence-electron chi connectivity index (χ1n) is 8.32. The Morgan fingerprint density at radius 2 is 1.57 bits per heavy atom. The molecule has 0 aliphatic heterocycles. The van der Waals surface area contributed by atoms with Crippen LogP contribution in [0.15, 0.2) is 36.4 Å². The summed E-state index contributed by atoms with van der Waals surface area (Å²) in [5.74, 6) is 0. The van der Waals surface area contributed by atoms with Crippen LogP contribution in [0.3, 0.4) is 0 Å². The molecule has 0 bridgehead atoms. The molecule has 0 amide bonds. The van der Waals surface area contributed by atoms with Gasteiger partial charge in [-0.25, -0.2) is 0 Å². The van der Waals surface area contributed by atoms with Crippen molar-refractivity contribution in [2.24, 2.45) is 0 Å². The van der Waals surface area contributed by atoms with Gasteiger partial charge in [-0.1, -0.05) is 71.7 Å². The van der Waals surface area contributed by atoms with Crippen LogP contribution in [0, 0.1) is 0 Å². The van der Waals surface area contributed by atoms with Gasteiger partial charge < -0.3 is 0 Å². The summed E-state index contributed by atoms with van der Waals surface area (Å²) in [6.45, 7) is 4.57. The van der Waals surface area contributed by atoms with Crippen molar-refractivity contribution < 1.29 is 0 Å². The molecule has 0 N–H and O–H groups in total. The van der Waals surface area contributed by atoms with Gasteiger partial charge in [-0.15, -0.1) is 8.58 Å². The molecule has 2 unspecified atom stereocenters. The molecule has 2 atom stereocenters. The fourth-order valence-corrected chi connectivity index (χ4v) is 5.48. The summed E-state index contributed by atoms with van der Waals surface area (Å²) < 4.78 is 0. The molecule has 0 heterocycles. The van der Waals surface area contributed by atoms with Gasteiger partial charge in [0.2, 0.25) is 0 Å². The third-order valence-corrected chi connectivity index (χ3v) is 6.60. The maximum atomic E-state index is 2.36. The SMILES string of the molecule is CCCCPCc1cccc2cccc(PCCCC)c12. The van der Waals surface area contributed by atoms with Crippen molar-refractivity contribution in [1.29, 1.82) is 0 Å². The Kier molecular flexibility index (Phi) is 7.70. The highest BCUT2D eigenvalue weighted by molar-refractivity contribution is 7.47. The fourth-order valence-electron chi connectivity index (χ4n) is 2.64. The average Bonchev–Trinajstić information content (AvgIpc) is 2.52. The highest BCUT2D eigenvalue weighted by Gasteiger charge is 2.06. The number of unbranched alkanes of at least 4 members (excludes halogenated alkanes) is 2. The molecule has 0 spiro atoms. The van der Waals surface area contributed by atoms with Crippen LogP contribution in [0.25, 0.3) is 10.8 Å². The van der Waals surface area contributed by atoms with E-state index in [4.69, 9.17) is 0 Å². The molecule has 2 rings (SSSR count). The van der Waals surface area contributed by atoms with Gasteiger partial charge in [0.1, 0.15) is 0 Å². The minimum absolute atomic E-state index is 0.970. The third kappa shape index (κ3) is 5.05. The monoisotopic (exact) mass is 318 g/mol. The van der Waals surface area contributed by atoms with E-state index in [-0.39, 0.29) is 0 Å². The van der Waals surface area contributed by atoms with Crippen molar-refractivity contribution in [2.75, 3.05) is 12.3 Å². The van der Waals surface area contributed by atoms with Crippen LogP contribution < -0.4 is 5.30 Å². The first-order valence-corrected chi connectivity index (χ1v) is 10.9. The average molecular weight is 318 g/mol. The minimum atomic E-state index is 0.970. The number of rotatable bonds is 9. The maximum Gasteiger partial charge on any atom is -0.00740 e. The molecule has 0 nitrogen and oxygen atoms in total. The lowest BCUT2D eigenvalue weighted by Gasteiger charge is -2.12. The number of hydrogen-bond acceptors (Lipinski definition) is 0. The minimum Gasteiger partial charge on any atom is -0.118 e. The topological polar surface area (TPSA) is 0 Å². The van der Waals surface area contributed by atoms with E-state index in [9.17, 15) is 0 Å². The van der Waals surface area contributed by atoms with Gasteiger partial charge in [0, 0.05) is 0 Å². The lowest BCUT2D eigenvalue weighted by molar-refractivity contribution is 0.893. The van der Waals surface area contributed by atoms with E-state index in [1.807, 2.05) is 0 Å². The molecule has 114 valence electrons. The zero-order valence-electron chi connectivity index (χ0n) is 13.4. The Morgan fingerprint density at radius 1 is 0.857 bits per heavy atom. The summed E-state index contributed by atoms with van der Waals surface area (Å²) >= 11 is 0. The van der Waals surface area contributed by atoms with Crippen LogP contribution in [0.4, 0.5) is 0 Å². The van der Waals surface area contributed by atoms with Gasteiger partial charge in [-0.3, -0.25) is 0 Å². The summed E-state index contributed by atoms with van der Waals surface area (Å²) in [7, 11) is 2.05. The van der Waals surface area contributed by atoms with Gasteiger partial charge in [0.15, 0.2) is 0 Å². The van der Waals surface area contributed by atoms with Gasteiger partial charge >= 0.3 is 0 Å². The molecule has 0 aliphatic carbocycles. The van der Waals surface area contributed by atoms with Crippen LogP contribution in [0.1, 0.15) is 45.1 Å². The normalized spacial score (nSPS) is 12.3. The second kappa shape index (κ2) is 9.55. The molecular formula is C19H28P2. The van der Waals surface area contributed by atoms with Crippen molar-refractivity contribution in [2.45, 2.75) is 45.7 Å². The maximum absolute atomic E-state index is 2.36. The van der Waals surface area contributed by atoms with Crippen molar-refractivity contribution in [3.63, 3.8) is 0 Å². The summed E-state index contributed by atoms with van der Waals surface area (Å²) in [4.78, 5) is 0. The van der Waals surface area contributed by atoms with Gasteiger partial charge in [0.05, 0.1) is 0 Å². The van der Waals surface area contributed by atoms with Crippen LogP contribution in [0.2, 0.25) is 0 Å². The van der Waals surface area contributed by atoms with E-state index in [1.54, 1.807) is 16.3 Å². The lowest BCUT2D eigenvalue weighted by atomic mass is 10.1. The predicted molar refractivity (Wildman–Crippen MR) is 103 cm³/mol. The Morgan fingerprint density at radius 3 is 2.33 bits per heavy atom. The van der Waals surface area contributed by atoms with Crippen LogP contribution in [-0.4, -0.2) is 12.3 Å². The predicted octanol–water partition coefficient (Wildman–Crippen LogP) is 5.92. The molecule has 2 aromatic rings. The highest BCUT2D eigenvalue weighted by atomic mass is 31.1. The Hall–Kier alpha value is -0.440. The van der Waals surface area contributed by atoms with E-state index in [1.165, 1.54) is 49.6 Å². The van der Waals surface area contributed by atoms with Crippen molar-refractivity contribution in [1.82, 2.24) is 0 Å². The zero-order chi connectivity index (χ0) is 14.9. The summed E-state index contributed by atoms with van der Waals surface area (Å²) in [6.07, 6.45) is 9.39. The standard InChI is InChI=1S/C19H28P2/c1-3-5-13-20-15-17-11-7-9-16-10-8-12-18(19(16)17)21-14-6-4-2/h7-12,20-21H,3-6,13-15H2,1-2H3. The smallest absolute Gasteiger partial charge is 0.00740 e. The lowest BCUT2D eigenvalue weighted by Crippen LogP contribution is -2.01. The highest BCUT2D eigenvalue weighted by Crippen LogP contribution is 2.28. The molecule has 0 aromatic heterocycles. The molecule has 2 heteroatoms. The second-order valence-electron chi connectivity index (χ2n) is 5.63. The van der Waals surface area contributed by atoms with Crippen LogP contribution >= 0.6 is 17.2 Å². The van der Waals surface area contributed by atoms with Gasteiger partial charge in [0.25, 0.3) is 0 Å². The Bertz CT molecular complexity index is 543. The molecular weight excluding hydrogens is 290 g/mol. The summed E-state index contributed by atoms with van der Waals surface area (Å²) in [5, 5.41) is 4.60. The third-order valence-electron chi connectivity index (χ3n) is 3.86. The first-order chi connectivity index (χ1) is 10.4. The molecule has 0 saturated heterocycles. The molecule has 0 saturated carbocycles. The Labute approximate surface area is 133 Å². The van der Waals surface area contributed by atoms with Gasteiger partial charge in [-0.2, -0.15) is 0 Å². The van der Waals surface area contributed by atoms with Crippen LogP contribution in [-0.2, 0) is 6.16 Å². The summed E-state index contributed by atoms with van der Waals surface area (Å²) in [6, 6.07) is 13.7. The summed E-state index contributed by atoms with van der Waals surface area (Å²) in [5.41, 5.74) is 1.58. The molecule has 21 heavy (non-hydrogen) atoms. The number of benzene rings is 2. The van der Waals surface area contributed by atoms with Crippen molar-refractivity contribution in [3.05, 3.63) is 42.0 Å².